The summed E-state index contributed by atoms with van der Waals surface area (Å²) in [7, 11) is -2.81. The van der Waals surface area contributed by atoms with Gasteiger partial charge in [0.1, 0.15) is 17.3 Å². The average molecular weight is 845 g/mol. The molecular weight excluding hydrogens is 799 g/mol. The van der Waals surface area contributed by atoms with E-state index in [1.54, 1.807) is 13.0 Å². The van der Waals surface area contributed by atoms with Crippen LogP contribution in [0.3, 0.4) is 0 Å². The van der Waals surface area contributed by atoms with Crippen molar-refractivity contribution in [2.45, 2.75) is 32.2 Å². The van der Waals surface area contributed by atoms with Gasteiger partial charge in [0.15, 0.2) is 11.6 Å². The Bertz CT molecular complexity index is 2000. The van der Waals surface area contributed by atoms with Crippen LogP contribution in [0.2, 0.25) is 0 Å². The monoisotopic (exact) mass is 843 g/mol. The van der Waals surface area contributed by atoms with Gasteiger partial charge in [-0.1, -0.05) is 0 Å². The van der Waals surface area contributed by atoms with Gasteiger partial charge in [0.05, 0.1) is 60.0 Å². The number of amides is 1. The molecule has 2 heterocycles. The highest BCUT2D eigenvalue weighted by atomic mass is 79.9. The average Bonchev–Trinajstić information content (AvgIpc) is 3.06. The van der Waals surface area contributed by atoms with Gasteiger partial charge in [-0.3, -0.25) is 9.10 Å². The minimum absolute atomic E-state index is 0.0138. The number of methoxy groups -OCH3 is 1. The van der Waals surface area contributed by atoms with Crippen LogP contribution in [0, 0.1) is 12.7 Å². The lowest BCUT2D eigenvalue weighted by molar-refractivity contribution is -0.122. The maximum Gasteiger partial charge on any atom is 0.306 e. The maximum absolute atomic E-state index is 15.2. The fourth-order valence-corrected chi connectivity index (χ4v) is 7.33. The molecular formula is C33H45BrFN8O8S2. The number of anilines is 6. The quantitative estimate of drug-likeness (QED) is 0.164. The van der Waals surface area contributed by atoms with Gasteiger partial charge in [0.2, 0.25) is 21.9 Å². The lowest BCUT2D eigenvalue weighted by Crippen LogP contribution is -2.46. The number of benzene rings is 2. The van der Waals surface area contributed by atoms with Crippen LogP contribution in [0.15, 0.2) is 34.9 Å². The number of carbonyl (C=O) groups is 1. The Kier molecular flexibility index (Phi) is 14.0. The molecule has 1 aromatic heterocycles. The Balaban J connectivity index is 1.65. The van der Waals surface area contributed by atoms with Gasteiger partial charge in [-0.2, -0.15) is 13.4 Å². The molecule has 1 amide bonds. The van der Waals surface area contributed by atoms with Crippen LogP contribution in [-0.2, 0) is 24.9 Å². The zero-order valence-electron chi connectivity index (χ0n) is 30.4. The van der Waals surface area contributed by atoms with E-state index in [2.05, 4.69) is 53.7 Å². The number of carbonyl (C=O) groups excluding carboxylic acids is 1. The molecule has 1 saturated heterocycles. The zero-order valence-corrected chi connectivity index (χ0v) is 33.6. The Morgan fingerprint density at radius 3 is 2.34 bits per heavy atom. The number of rotatable bonds is 17. The smallest absolute Gasteiger partial charge is 0.306 e. The molecule has 1 aliphatic heterocycles. The van der Waals surface area contributed by atoms with E-state index in [0.29, 0.717) is 54.3 Å². The summed E-state index contributed by atoms with van der Waals surface area (Å²) in [5.74, 6) is -0.514. The van der Waals surface area contributed by atoms with Crippen LogP contribution in [0.4, 0.5) is 38.9 Å². The summed E-state index contributed by atoms with van der Waals surface area (Å²) in [6.45, 7) is 7.42. The zero-order chi connectivity index (χ0) is 39.1. The predicted molar refractivity (Wildman–Crippen MR) is 206 cm³/mol. The van der Waals surface area contributed by atoms with E-state index < -0.39 is 31.7 Å². The summed E-state index contributed by atoms with van der Waals surface area (Å²) in [4.78, 5) is 25.2. The van der Waals surface area contributed by atoms with Crippen molar-refractivity contribution in [3.8, 4) is 17.2 Å². The molecule has 0 bridgehead atoms. The molecule has 53 heavy (non-hydrogen) atoms. The number of nitrogens with zero attached hydrogens (tertiary/aromatic N) is 5. The van der Waals surface area contributed by atoms with Gasteiger partial charge in [0, 0.05) is 56.1 Å². The van der Waals surface area contributed by atoms with E-state index in [4.69, 9.17) is 13.7 Å². The van der Waals surface area contributed by atoms with Gasteiger partial charge in [-0.05, 0) is 63.1 Å². The van der Waals surface area contributed by atoms with Gasteiger partial charge in [-0.15, -0.1) is 0 Å². The summed E-state index contributed by atoms with van der Waals surface area (Å²) in [5.41, 5.74) is 1.15. The van der Waals surface area contributed by atoms with Crippen LogP contribution >= 0.6 is 15.9 Å². The second-order valence-electron chi connectivity index (χ2n) is 12.4. The number of likely N-dealkylation sites (N-methyl/N-ethyl adjacent to an activating group) is 1. The standard InChI is InChI=1S/C33H45BrFN8O8S2/c1-8-14-50-30-16-25(29(49-5)18-27(30)42-12-10-21(11-13-42)37-31(44)20-41(3)4)39-33-36-19-22(34)32(40-33)38-24-15-23(35)28(51-53(7,47)48)17-26(24)43(9-2)52(6,45)46/h15-19,21H,1,8-14,20H2,2-7H3,(H,37,44)(H2,36,38,39,40). The van der Waals surface area contributed by atoms with Crippen LogP contribution < -0.4 is 38.8 Å². The molecule has 1 radical (unpaired) electrons. The number of nitrogens with one attached hydrogen (secondary N) is 3. The number of hydrogen-bond acceptors (Lipinski definition) is 14. The van der Waals surface area contributed by atoms with Crippen molar-refractivity contribution in [2.75, 3.05) is 86.3 Å². The predicted octanol–water partition coefficient (Wildman–Crippen LogP) is 4.25. The summed E-state index contributed by atoms with van der Waals surface area (Å²) >= 11 is 3.39. The van der Waals surface area contributed by atoms with Crippen molar-refractivity contribution in [3.63, 3.8) is 0 Å². The Morgan fingerprint density at radius 1 is 1.06 bits per heavy atom. The third-order valence-electron chi connectivity index (χ3n) is 7.83. The number of aromatic nitrogens is 2. The first kappa shape index (κ1) is 41.6. The molecule has 0 aliphatic carbocycles. The normalized spacial score (nSPS) is 13.8. The van der Waals surface area contributed by atoms with Gasteiger partial charge >= 0.3 is 10.1 Å². The first-order valence-corrected chi connectivity index (χ1v) is 21.0. The summed E-state index contributed by atoms with van der Waals surface area (Å²) < 4.78 is 82.1. The SMILES string of the molecule is [CH2]CCOc1cc(Nc2ncc(Br)c(Nc3cc(F)c(OS(C)(=O)=O)cc3N(CC)S(C)(=O)=O)n2)c(OC)cc1N1CCC(NC(=O)CN(C)C)CC1. The van der Waals surface area contributed by atoms with E-state index in [1.807, 2.05) is 25.1 Å². The van der Waals surface area contributed by atoms with E-state index in [0.717, 1.165) is 47.5 Å². The highest BCUT2D eigenvalue weighted by Gasteiger charge is 2.26. The molecule has 0 saturated carbocycles. The molecule has 3 N–H and O–H groups in total. The number of sulfonamides is 1. The molecule has 16 nitrogen and oxygen atoms in total. The first-order valence-electron chi connectivity index (χ1n) is 16.5. The molecule has 3 aromatic rings. The second kappa shape index (κ2) is 17.8. The minimum Gasteiger partial charge on any atom is -0.494 e. The molecule has 4 rings (SSSR count). The third-order valence-corrected chi connectivity index (χ3v) is 10.2. The van der Waals surface area contributed by atoms with Crippen molar-refractivity contribution >= 4 is 76.5 Å². The highest BCUT2D eigenvalue weighted by molar-refractivity contribution is 9.10. The van der Waals surface area contributed by atoms with E-state index in [-0.39, 0.29) is 41.6 Å². The number of halogens is 2. The van der Waals surface area contributed by atoms with Crippen molar-refractivity contribution < 1.29 is 39.7 Å². The fourth-order valence-electron chi connectivity index (χ4n) is 5.61. The highest BCUT2D eigenvalue weighted by Crippen LogP contribution is 2.42. The molecule has 2 aromatic carbocycles. The largest absolute Gasteiger partial charge is 0.494 e. The second-order valence-corrected chi connectivity index (χ2v) is 16.8. The number of piperidine rings is 1. The molecule has 20 heteroatoms. The molecule has 1 aliphatic rings. The summed E-state index contributed by atoms with van der Waals surface area (Å²) in [5, 5.41) is 9.19. The lowest BCUT2D eigenvalue weighted by atomic mass is 10.0. The van der Waals surface area contributed by atoms with Gasteiger partial charge in [-0.25, -0.2) is 17.8 Å². The van der Waals surface area contributed by atoms with Crippen molar-refractivity contribution in [1.29, 1.82) is 0 Å². The Hall–Kier alpha value is -4.14. The van der Waals surface area contributed by atoms with E-state index >= 15 is 4.39 Å². The van der Waals surface area contributed by atoms with Gasteiger partial charge in [0.25, 0.3) is 0 Å². The summed E-state index contributed by atoms with van der Waals surface area (Å²) in [6, 6.07) is 5.59. The minimum atomic E-state index is -4.14. The number of ether oxygens (including phenoxy) is 2. The molecule has 0 atom stereocenters. The molecule has 0 unspecified atom stereocenters. The van der Waals surface area contributed by atoms with Crippen molar-refractivity contribution in [3.05, 3.63) is 47.7 Å². The lowest BCUT2D eigenvalue weighted by Gasteiger charge is -2.35. The molecule has 1 fully saturated rings. The van der Waals surface area contributed by atoms with E-state index in [1.165, 1.54) is 13.3 Å². The molecule has 291 valence electrons. The Morgan fingerprint density at radius 2 is 1.75 bits per heavy atom. The van der Waals surface area contributed by atoms with E-state index in [9.17, 15) is 21.6 Å². The van der Waals surface area contributed by atoms with Crippen LogP contribution in [0.25, 0.3) is 0 Å². The topological polar surface area (TPSA) is 185 Å². The fraction of sp³-hybridized carbons (Fsp3) is 0.455. The summed E-state index contributed by atoms with van der Waals surface area (Å²) in [6.07, 6.45) is 5.17. The Labute approximate surface area is 318 Å². The van der Waals surface area contributed by atoms with Crippen molar-refractivity contribution in [1.82, 2.24) is 20.2 Å². The van der Waals surface area contributed by atoms with Crippen LogP contribution in [-0.4, -0.2) is 110 Å². The maximum atomic E-state index is 15.2. The van der Waals surface area contributed by atoms with Crippen LogP contribution in [0.5, 0.6) is 17.2 Å². The molecule has 0 spiro atoms. The van der Waals surface area contributed by atoms with Crippen molar-refractivity contribution in [2.24, 2.45) is 0 Å². The number of hydrogen-bond donors (Lipinski definition) is 3. The third kappa shape index (κ3) is 11.4. The van der Waals surface area contributed by atoms with Crippen LogP contribution in [0.1, 0.15) is 26.2 Å². The van der Waals surface area contributed by atoms with Gasteiger partial charge < -0.3 is 39.4 Å². The first-order chi connectivity index (χ1) is 24.9.